The van der Waals surface area contributed by atoms with E-state index in [1.54, 1.807) is 0 Å². The molecule has 2 aliphatic heterocycles. The van der Waals surface area contributed by atoms with Crippen molar-refractivity contribution in [1.82, 2.24) is 0 Å². The van der Waals surface area contributed by atoms with E-state index < -0.39 is 40.9 Å². The van der Waals surface area contributed by atoms with E-state index in [-0.39, 0.29) is 48.0 Å². The predicted molar refractivity (Wildman–Crippen MR) is 143 cm³/mol. The van der Waals surface area contributed by atoms with E-state index in [0.29, 0.717) is 36.5 Å². The first-order valence-electron chi connectivity index (χ1n) is 15.7. The van der Waals surface area contributed by atoms with Crippen molar-refractivity contribution in [3.8, 4) is 0 Å². The van der Waals surface area contributed by atoms with Gasteiger partial charge in [0.25, 0.3) is 0 Å². The smallest absolute Gasteiger partial charge is 0.373 e. The molecular formula is C32H49F9O. The predicted octanol–water partition coefficient (Wildman–Crippen LogP) is 10.7. The van der Waals surface area contributed by atoms with Gasteiger partial charge < -0.3 is 4.74 Å². The van der Waals surface area contributed by atoms with Gasteiger partial charge in [-0.05, 0) is 98.2 Å². The minimum absolute atomic E-state index is 0.0142. The molecule has 42 heavy (non-hydrogen) atoms. The standard InChI is InChI=1S/2C11H17F3.C10H15F3O/c2*1-6-7(2)9-4-8(6)5-10(9,3)11(12,13)14;1-5-6(2)8-9(3,10(11,12)13)4-7(5)14-8/h2*6-9H,4-5H2,1-3H3;5-8H,4H2,1-3H3. The molecule has 6 aliphatic rings. The molecule has 2 saturated heterocycles. The van der Waals surface area contributed by atoms with Gasteiger partial charge >= 0.3 is 18.5 Å². The summed E-state index contributed by atoms with van der Waals surface area (Å²) >= 11 is 0. The number of hydrogen-bond donors (Lipinski definition) is 0. The second-order valence-electron chi connectivity index (χ2n) is 15.8. The maximum atomic E-state index is 12.9. The molecule has 1 nitrogen and oxygen atoms in total. The van der Waals surface area contributed by atoms with E-state index in [9.17, 15) is 39.5 Å². The summed E-state index contributed by atoms with van der Waals surface area (Å²) in [4.78, 5) is 0. The molecule has 10 heteroatoms. The van der Waals surface area contributed by atoms with E-state index in [1.807, 2.05) is 27.7 Å². The molecule has 0 N–H and O–H groups in total. The fourth-order valence-corrected chi connectivity index (χ4v) is 10.2. The first-order chi connectivity index (χ1) is 18.8. The summed E-state index contributed by atoms with van der Waals surface area (Å²) in [5, 5.41) is 0. The second kappa shape index (κ2) is 10.4. The van der Waals surface area contributed by atoms with Gasteiger partial charge in [-0.15, -0.1) is 0 Å². The van der Waals surface area contributed by atoms with Crippen LogP contribution in [0.1, 0.15) is 94.4 Å². The van der Waals surface area contributed by atoms with Crippen molar-refractivity contribution in [3.05, 3.63) is 0 Å². The molecule has 0 amide bonds. The van der Waals surface area contributed by atoms with E-state index in [1.165, 1.54) is 20.8 Å². The van der Waals surface area contributed by atoms with Crippen LogP contribution in [0.3, 0.4) is 0 Å². The number of hydrogen-bond acceptors (Lipinski definition) is 1. The second-order valence-corrected chi connectivity index (χ2v) is 15.8. The van der Waals surface area contributed by atoms with Gasteiger partial charge in [-0.2, -0.15) is 39.5 Å². The molecule has 4 saturated carbocycles. The van der Waals surface area contributed by atoms with E-state index >= 15 is 0 Å². The third-order valence-electron chi connectivity index (χ3n) is 13.9. The molecule has 0 aromatic rings. The van der Waals surface area contributed by atoms with Crippen LogP contribution in [0.25, 0.3) is 0 Å². The van der Waals surface area contributed by atoms with Crippen LogP contribution in [0.2, 0.25) is 0 Å². The highest BCUT2D eigenvalue weighted by Gasteiger charge is 2.68. The van der Waals surface area contributed by atoms with Gasteiger partial charge in [-0.1, -0.05) is 55.4 Å². The fraction of sp³-hybridized carbons (Fsp3) is 1.00. The van der Waals surface area contributed by atoms with Crippen molar-refractivity contribution >= 4 is 0 Å². The minimum atomic E-state index is -4.14. The van der Waals surface area contributed by atoms with Crippen LogP contribution in [0, 0.1) is 75.4 Å². The van der Waals surface area contributed by atoms with Gasteiger partial charge in [0.15, 0.2) is 0 Å². The average molecular weight is 621 g/mol. The quantitative estimate of drug-likeness (QED) is 0.245. The summed E-state index contributed by atoms with van der Waals surface area (Å²) in [6, 6.07) is 0. The SMILES string of the molecule is CC1C2CC(C)(C(F)(F)F)C(O2)C1C.CC1C2CC(C1C)C(C)(C(F)(F)F)C2.CC1C2CC(C1C)C(C)(C(F)(F)F)C2. The van der Waals surface area contributed by atoms with E-state index in [4.69, 9.17) is 4.74 Å². The molecule has 6 bridgehead atoms. The Hall–Kier alpha value is -0.670. The van der Waals surface area contributed by atoms with Gasteiger partial charge in [0.2, 0.25) is 0 Å². The van der Waals surface area contributed by atoms with Crippen molar-refractivity contribution in [2.24, 2.45) is 75.4 Å². The molecule has 4 aliphatic carbocycles. The lowest BCUT2D eigenvalue weighted by molar-refractivity contribution is -0.242. The van der Waals surface area contributed by atoms with E-state index in [0.717, 1.165) is 12.8 Å². The number of fused-ring (bicyclic) bond motifs is 6. The van der Waals surface area contributed by atoms with Crippen LogP contribution < -0.4 is 0 Å². The van der Waals surface area contributed by atoms with Crippen molar-refractivity contribution < 1.29 is 44.3 Å². The van der Waals surface area contributed by atoms with Crippen molar-refractivity contribution in [2.45, 2.75) is 125 Å². The highest BCUT2D eigenvalue weighted by Crippen LogP contribution is 2.67. The highest BCUT2D eigenvalue weighted by molar-refractivity contribution is 5.08. The largest absolute Gasteiger partial charge is 0.396 e. The molecular weight excluding hydrogens is 571 g/mol. The zero-order valence-electron chi connectivity index (χ0n) is 26.3. The van der Waals surface area contributed by atoms with Gasteiger partial charge in [-0.3, -0.25) is 0 Å². The van der Waals surface area contributed by atoms with Crippen molar-refractivity contribution in [1.29, 1.82) is 0 Å². The van der Waals surface area contributed by atoms with Crippen LogP contribution in [-0.4, -0.2) is 30.7 Å². The highest BCUT2D eigenvalue weighted by atomic mass is 19.4. The van der Waals surface area contributed by atoms with Crippen LogP contribution in [-0.2, 0) is 4.74 Å². The summed E-state index contributed by atoms with van der Waals surface area (Å²) in [5.74, 6) is 2.05. The fourth-order valence-electron chi connectivity index (χ4n) is 10.2. The Morgan fingerprint density at radius 1 is 0.476 bits per heavy atom. The molecule has 2 heterocycles. The normalized spacial score (nSPS) is 52.7. The van der Waals surface area contributed by atoms with Crippen molar-refractivity contribution in [3.63, 3.8) is 0 Å². The van der Waals surface area contributed by atoms with Gasteiger partial charge in [0.05, 0.1) is 28.5 Å². The molecule has 246 valence electrons. The van der Waals surface area contributed by atoms with Gasteiger partial charge in [0.1, 0.15) is 0 Å². The number of alkyl halides is 9. The molecule has 0 radical (unpaired) electrons. The topological polar surface area (TPSA) is 9.23 Å². The lowest BCUT2D eigenvalue weighted by atomic mass is 9.66. The maximum absolute atomic E-state index is 12.9. The number of rotatable bonds is 0. The molecule has 15 atom stereocenters. The van der Waals surface area contributed by atoms with Gasteiger partial charge in [0, 0.05) is 0 Å². The average Bonchev–Trinajstić information content (AvgIpc) is 3.65. The van der Waals surface area contributed by atoms with E-state index in [2.05, 4.69) is 13.8 Å². The molecule has 0 aromatic carbocycles. The first kappa shape index (κ1) is 34.2. The summed E-state index contributed by atoms with van der Waals surface area (Å²) in [5.41, 5.74) is -4.42. The molecule has 0 spiro atoms. The number of halogens is 9. The Morgan fingerprint density at radius 2 is 0.833 bits per heavy atom. The van der Waals surface area contributed by atoms with Gasteiger partial charge in [-0.25, -0.2) is 0 Å². The van der Waals surface area contributed by atoms with Crippen molar-refractivity contribution in [2.75, 3.05) is 0 Å². The lowest BCUT2D eigenvalue weighted by Gasteiger charge is -2.41. The Morgan fingerprint density at radius 3 is 1.07 bits per heavy atom. The summed E-state index contributed by atoms with van der Waals surface area (Å²) in [6.45, 7) is 16.1. The molecule has 0 aromatic heterocycles. The lowest BCUT2D eigenvalue weighted by Crippen LogP contribution is -2.47. The summed E-state index contributed by atoms with van der Waals surface area (Å²) in [7, 11) is 0. The van der Waals surface area contributed by atoms with Crippen LogP contribution in [0.15, 0.2) is 0 Å². The maximum Gasteiger partial charge on any atom is 0.396 e. The van der Waals surface area contributed by atoms with Crippen LogP contribution in [0.5, 0.6) is 0 Å². The Balaban J connectivity index is 0.000000145. The van der Waals surface area contributed by atoms with Crippen LogP contribution in [0.4, 0.5) is 39.5 Å². The Bertz CT molecular complexity index is 860. The Labute approximate surface area is 245 Å². The first-order valence-corrected chi connectivity index (χ1v) is 15.7. The zero-order valence-corrected chi connectivity index (χ0v) is 26.3. The summed E-state index contributed by atoms with van der Waals surface area (Å²) < 4.78 is 121. The number of ether oxygens (including phenoxy) is 1. The van der Waals surface area contributed by atoms with Crippen LogP contribution >= 0.6 is 0 Å². The third kappa shape index (κ3) is 5.02. The Kier molecular flexibility index (Phi) is 8.50. The third-order valence-corrected chi connectivity index (χ3v) is 13.9. The monoisotopic (exact) mass is 620 g/mol. The molecule has 6 fully saturated rings. The zero-order chi connectivity index (χ0) is 32.2. The summed E-state index contributed by atoms with van der Waals surface area (Å²) in [6.07, 6.45) is -10.6. The molecule has 6 rings (SSSR count). The minimum Gasteiger partial charge on any atom is -0.373 e. The molecule has 15 unspecified atom stereocenters.